The Morgan fingerprint density at radius 3 is 2.89 bits per heavy atom. The summed E-state index contributed by atoms with van der Waals surface area (Å²) >= 11 is 0. The SMILES string of the molecule is COc1cc(CNC(=O)[C@H]2CC(=O)N(c3ccc4c(c3)OCCO4)C2)ccn1. The van der Waals surface area contributed by atoms with Gasteiger partial charge in [0, 0.05) is 43.5 Å². The molecule has 8 heteroatoms. The van der Waals surface area contributed by atoms with E-state index in [1.165, 1.54) is 0 Å². The Morgan fingerprint density at radius 1 is 1.25 bits per heavy atom. The second-order valence-corrected chi connectivity index (χ2v) is 6.66. The lowest BCUT2D eigenvalue weighted by atomic mass is 10.1. The van der Waals surface area contributed by atoms with Gasteiger partial charge in [-0.05, 0) is 23.8 Å². The maximum atomic E-state index is 12.5. The van der Waals surface area contributed by atoms with Crippen LogP contribution in [-0.4, -0.2) is 43.7 Å². The third kappa shape index (κ3) is 3.71. The quantitative estimate of drug-likeness (QED) is 0.842. The minimum atomic E-state index is -0.399. The van der Waals surface area contributed by atoms with Gasteiger partial charge in [-0.15, -0.1) is 0 Å². The highest BCUT2D eigenvalue weighted by Gasteiger charge is 2.35. The molecule has 2 aliphatic rings. The Bertz CT molecular complexity index is 901. The summed E-state index contributed by atoms with van der Waals surface area (Å²) < 4.78 is 16.2. The molecule has 146 valence electrons. The summed E-state index contributed by atoms with van der Waals surface area (Å²) in [5, 5.41) is 2.89. The number of hydrogen-bond donors (Lipinski definition) is 1. The average molecular weight is 383 g/mol. The van der Waals surface area contributed by atoms with Crippen molar-refractivity contribution >= 4 is 17.5 Å². The van der Waals surface area contributed by atoms with E-state index in [1.54, 1.807) is 36.4 Å². The van der Waals surface area contributed by atoms with Gasteiger partial charge in [-0.3, -0.25) is 9.59 Å². The predicted molar refractivity (Wildman–Crippen MR) is 101 cm³/mol. The van der Waals surface area contributed by atoms with E-state index in [9.17, 15) is 9.59 Å². The highest BCUT2D eigenvalue weighted by atomic mass is 16.6. The molecule has 0 saturated carbocycles. The Balaban J connectivity index is 1.39. The zero-order valence-corrected chi connectivity index (χ0v) is 15.5. The van der Waals surface area contributed by atoms with Gasteiger partial charge in [-0.2, -0.15) is 0 Å². The molecule has 2 aromatic rings. The van der Waals surface area contributed by atoms with Crippen molar-refractivity contribution in [1.82, 2.24) is 10.3 Å². The van der Waals surface area contributed by atoms with Crippen LogP contribution in [0, 0.1) is 5.92 Å². The zero-order valence-electron chi connectivity index (χ0n) is 15.5. The molecule has 1 saturated heterocycles. The molecule has 3 heterocycles. The van der Waals surface area contributed by atoms with Crippen LogP contribution in [-0.2, 0) is 16.1 Å². The number of carbonyl (C=O) groups is 2. The van der Waals surface area contributed by atoms with E-state index in [4.69, 9.17) is 14.2 Å². The number of fused-ring (bicyclic) bond motifs is 1. The number of aromatic nitrogens is 1. The smallest absolute Gasteiger partial charge is 0.227 e. The summed E-state index contributed by atoms with van der Waals surface area (Å²) in [5.74, 6) is 1.16. The van der Waals surface area contributed by atoms with E-state index in [0.29, 0.717) is 49.4 Å². The minimum Gasteiger partial charge on any atom is -0.486 e. The Hall–Kier alpha value is -3.29. The van der Waals surface area contributed by atoms with E-state index in [1.807, 2.05) is 12.1 Å². The zero-order chi connectivity index (χ0) is 19.5. The van der Waals surface area contributed by atoms with Crippen LogP contribution in [0.2, 0.25) is 0 Å². The monoisotopic (exact) mass is 383 g/mol. The van der Waals surface area contributed by atoms with Gasteiger partial charge in [-0.1, -0.05) is 0 Å². The largest absolute Gasteiger partial charge is 0.486 e. The first-order valence-corrected chi connectivity index (χ1v) is 9.10. The lowest BCUT2D eigenvalue weighted by molar-refractivity contribution is -0.126. The third-order valence-electron chi connectivity index (χ3n) is 4.81. The van der Waals surface area contributed by atoms with Gasteiger partial charge >= 0.3 is 0 Å². The molecule has 0 spiro atoms. The van der Waals surface area contributed by atoms with E-state index < -0.39 is 5.92 Å². The van der Waals surface area contributed by atoms with Gasteiger partial charge in [0.1, 0.15) is 13.2 Å². The number of rotatable bonds is 5. The summed E-state index contributed by atoms with van der Waals surface area (Å²) in [7, 11) is 1.54. The summed E-state index contributed by atoms with van der Waals surface area (Å²) in [5.41, 5.74) is 1.59. The highest BCUT2D eigenvalue weighted by molar-refractivity contribution is 6.00. The molecule has 2 amide bonds. The summed E-state index contributed by atoms with van der Waals surface area (Å²) in [4.78, 5) is 30.7. The van der Waals surface area contributed by atoms with Crippen molar-refractivity contribution in [3.63, 3.8) is 0 Å². The molecule has 1 N–H and O–H groups in total. The van der Waals surface area contributed by atoms with Crippen LogP contribution in [0.4, 0.5) is 5.69 Å². The molecule has 1 aromatic heterocycles. The second-order valence-electron chi connectivity index (χ2n) is 6.66. The maximum Gasteiger partial charge on any atom is 0.227 e. The molecule has 8 nitrogen and oxygen atoms in total. The molecular formula is C20H21N3O5. The predicted octanol–water partition coefficient (Wildman–Crippen LogP) is 1.53. The Labute approximate surface area is 162 Å². The van der Waals surface area contributed by atoms with Gasteiger partial charge in [0.15, 0.2) is 11.5 Å². The molecule has 1 fully saturated rings. The number of ether oxygens (including phenoxy) is 3. The molecule has 1 aromatic carbocycles. The third-order valence-corrected chi connectivity index (χ3v) is 4.81. The number of carbonyl (C=O) groups excluding carboxylic acids is 2. The Kier molecular flexibility index (Phi) is 5.01. The van der Waals surface area contributed by atoms with Crippen LogP contribution in [0.15, 0.2) is 36.5 Å². The number of nitrogens with zero attached hydrogens (tertiary/aromatic N) is 2. The molecule has 4 rings (SSSR count). The van der Waals surface area contributed by atoms with Gasteiger partial charge in [-0.25, -0.2) is 4.98 Å². The van der Waals surface area contributed by atoms with Crippen LogP contribution in [0.25, 0.3) is 0 Å². The molecule has 28 heavy (non-hydrogen) atoms. The lowest BCUT2D eigenvalue weighted by Gasteiger charge is -2.22. The van der Waals surface area contributed by atoms with Crippen LogP contribution >= 0.6 is 0 Å². The van der Waals surface area contributed by atoms with Crippen LogP contribution in [0.3, 0.4) is 0 Å². The number of nitrogens with one attached hydrogen (secondary N) is 1. The average Bonchev–Trinajstić information content (AvgIpc) is 3.13. The lowest BCUT2D eigenvalue weighted by Crippen LogP contribution is -2.32. The number of amides is 2. The van der Waals surface area contributed by atoms with Crippen molar-refractivity contribution in [2.75, 3.05) is 31.8 Å². The summed E-state index contributed by atoms with van der Waals surface area (Å²) in [6.07, 6.45) is 1.81. The molecule has 1 atom stereocenters. The van der Waals surface area contributed by atoms with Crippen molar-refractivity contribution in [3.8, 4) is 17.4 Å². The van der Waals surface area contributed by atoms with Crippen LogP contribution in [0.1, 0.15) is 12.0 Å². The van der Waals surface area contributed by atoms with Crippen LogP contribution < -0.4 is 24.4 Å². The number of hydrogen-bond acceptors (Lipinski definition) is 6. The first kappa shape index (κ1) is 18.1. The standard InChI is InChI=1S/C20H21N3O5/c1-26-18-8-13(4-5-21-18)11-22-20(25)14-9-19(24)23(12-14)15-2-3-16-17(10-15)28-7-6-27-16/h2-5,8,10,14H,6-7,9,11-12H2,1H3,(H,22,25)/t14-/m0/s1. The fourth-order valence-electron chi connectivity index (χ4n) is 3.34. The number of anilines is 1. The van der Waals surface area contributed by atoms with Gasteiger partial charge in [0.05, 0.1) is 13.0 Å². The minimum absolute atomic E-state index is 0.0811. The summed E-state index contributed by atoms with van der Waals surface area (Å²) in [6.45, 7) is 1.69. The first-order valence-electron chi connectivity index (χ1n) is 9.10. The molecule has 0 bridgehead atoms. The number of methoxy groups -OCH3 is 1. The number of pyridine rings is 1. The van der Waals surface area contributed by atoms with Crippen molar-refractivity contribution in [2.45, 2.75) is 13.0 Å². The molecule has 0 aliphatic carbocycles. The van der Waals surface area contributed by atoms with E-state index >= 15 is 0 Å². The molecule has 0 radical (unpaired) electrons. The number of benzene rings is 1. The normalized spacial score (nSPS) is 18.1. The van der Waals surface area contributed by atoms with Crippen molar-refractivity contribution in [3.05, 3.63) is 42.1 Å². The van der Waals surface area contributed by atoms with Gasteiger partial charge < -0.3 is 24.4 Å². The van der Waals surface area contributed by atoms with Crippen molar-refractivity contribution in [1.29, 1.82) is 0 Å². The van der Waals surface area contributed by atoms with Gasteiger partial charge in [0.2, 0.25) is 17.7 Å². The van der Waals surface area contributed by atoms with Crippen molar-refractivity contribution < 1.29 is 23.8 Å². The second kappa shape index (κ2) is 7.75. The van der Waals surface area contributed by atoms with Crippen molar-refractivity contribution in [2.24, 2.45) is 5.92 Å². The molecular weight excluding hydrogens is 362 g/mol. The van der Waals surface area contributed by atoms with Gasteiger partial charge in [0.25, 0.3) is 0 Å². The Morgan fingerprint density at radius 2 is 2.07 bits per heavy atom. The fourth-order valence-corrected chi connectivity index (χ4v) is 3.34. The van der Waals surface area contributed by atoms with Crippen LogP contribution in [0.5, 0.6) is 17.4 Å². The van der Waals surface area contributed by atoms with E-state index in [2.05, 4.69) is 10.3 Å². The van der Waals surface area contributed by atoms with E-state index in [0.717, 1.165) is 5.56 Å². The fraction of sp³-hybridized carbons (Fsp3) is 0.350. The first-order chi connectivity index (χ1) is 13.6. The molecule has 2 aliphatic heterocycles. The summed E-state index contributed by atoms with van der Waals surface area (Å²) in [6, 6.07) is 8.97. The maximum absolute atomic E-state index is 12.5. The topological polar surface area (TPSA) is 90.0 Å². The van der Waals surface area contributed by atoms with E-state index in [-0.39, 0.29) is 18.2 Å². The highest BCUT2D eigenvalue weighted by Crippen LogP contribution is 2.36. The molecule has 0 unspecified atom stereocenters.